The van der Waals surface area contributed by atoms with Crippen molar-refractivity contribution in [1.82, 2.24) is 15.5 Å². The van der Waals surface area contributed by atoms with E-state index in [1.54, 1.807) is 18.4 Å². The lowest BCUT2D eigenvalue weighted by atomic mass is 10.2. The van der Waals surface area contributed by atoms with Gasteiger partial charge in [-0.1, -0.05) is 17.3 Å². The third-order valence-electron chi connectivity index (χ3n) is 3.68. The molecule has 6 heteroatoms. The average Bonchev–Trinajstić information content (AvgIpc) is 3.22. The third kappa shape index (κ3) is 3.60. The normalized spacial score (nSPS) is 12.3. The van der Waals surface area contributed by atoms with Gasteiger partial charge >= 0.3 is 0 Å². The number of hydrogen-bond acceptors (Lipinski definition) is 6. The third-order valence-corrected chi connectivity index (χ3v) is 4.70. The number of hydrogen-bond donors (Lipinski definition) is 1. The molecule has 2 heterocycles. The lowest BCUT2D eigenvalue weighted by Crippen LogP contribution is -2.18. The number of rotatable bonds is 6. The first-order chi connectivity index (χ1) is 11.2. The van der Waals surface area contributed by atoms with E-state index in [-0.39, 0.29) is 6.04 Å². The molecule has 1 unspecified atom stereocenters. The first-order valence-corrected chi connectivity index (χ1v) is 8.29. The molecule has 0 amide bonds. The molecule has 0 saturated heterocycles. The van der Waals surface area contributed by atoms with Gasteiger partial charge in [0.15, 0.2) is 0 Å². The molecule has 120 valence electrons. The Hall–Kier alpha value is -2.18. The van der Waals surface area contributed by atoms with Crippen LogP contribution in [0.3, 0.4) is 0 Å². The SMILES string of the molecule is COc1cccc(-c2noc(C(C)NCc3sccc3C)n2)c1. The van der Waals surface area contributed by atoms with Gasteiger partial charge in [-0.3, -0.25) is 0 Å². The van der Waals surface area contributed by atoms with Crippen LogP contribution in [0.2, 0.25) is 0 Å². The number of benzene rings is 1. The Labute approximate surface area is 139 Å². The summed E-state index contributed by atoms with van der Waals surface area (Å²) in [5.74, 6) is 1.92. The lowest BCUT2D eigenvalue weighted by molar-refractivity contribution is 0.339. The summed E-state index contributed by atoms with van der Waals surface area (Å²) >= 11 is 1.75. The van der Waals surface area contributed by atoms with Gasteiger partial charge in [-0.2, -0.15) is 4.98 Å². The van der Waals surface area contributed by atoms with E-state index in [1.165, 1.54) is 10.4 Å². The molecule has 1 N–H and O–H groups in total. The Morgan fingerprint density at radius 2 is 2.22 bits per heavy atom. The van der Waals surface area contributed by atoms with E-state index in [0.29, 0.717) is 11.7 Å². The van der Waals surface area contributed by atoms with Gasteiger partial charge in [-0.15, -0.1) is 11.3 Å². The van der Waals surface area contributed by atoms with E-state index in [1.807, 2.05) is 31.2 Å². The van der Waals surface area contributed by atoms with Crippen LogP contribution in [0.15, 0.2) is 40.2 Å². The Kier molecular flexibility index (Phi) is 4.73. The summed E-state index contributed by atoms with van der Waals surface area (Å²) in [7, 11) is 1.64. The largest absolute Gasteiger partial charge is 0.497 e. The zero-order valence-corrected chi connectivity index (χ0v) is 14.2. The fourth-order valence-electron chi connectivity index (χ4n) is 2.21. The van der Waals surface area contributed by atoms with E-state index >= 15 is 0 Å². The molecule has 0 saturated carbocycles. The Bertz CT molecular complexity index is 782. The first-order valence-electron chi connectivity index (χ1n) is 7.41. The number of thiophene rings is 1. The highest BCUT2D eigenvalue weighted by atomic mass is 32.1. The Balaban J connectivity index is 1.69. The maximum atomic E-state index is 5.39. The Morgan fingerprint density at radius 3 is 2.96 bits per heavy atom. The van der Waals surface area contributed by atoms with Crippen molar-refractivity contribution in [2.24, 2.45) is 0 Å². The summed E-state index contributed by atoms with van der Waals surface area (Å²) in [5.41, 5.74) is 2.18. The van der Waals surface area contributed by atoms with Crippen LogP contribution in [0.1, 0.15) is 29.3 Å². The van der Waals surface area contributed by atoms with Crippen molar-refractivity contribution >= 4 is 11.3 Å². The van der Waals surface area contributed by atoms with Crippen LogP contribution >= 0.6 is 11.3 Å². The molecule has 0 aliphatic carbocycles. The monoisotopic (exact) mass is 329 g/mol. The van der Waals surface area contributed by atoms with Gasteiger partial charge in [0.2, 0.25) is 11.7 Å². The van der Waals surface area contributed by atoms with Gasteiger partial charge in [0.1, 0.15) is 5.75 Å². The second-order valence-corrected chi connectivity index (χ2v) is 6.32. The number of nitrogens with one attached hydrogen (secondary N) is 1. The van der Waals surface area contributed by atoms with E-state index in [4.69, 9.17) is 9.26 Å². The first kappa shape index (κ1) is 15.7. The van der Waals surface area contributed by atoms with E-state index in [2.05, 4.69) is 33.8 Å². The van der Waals surface area contributed by atoms with Crippen LogP contribution in [-0.4, -0.2) is 17.3 Å². The molecule has 3 rings (SSSR count). The Morgan fingerprint density at radius 1 is 1.35 bits per heavy atom. The number of aryl methyl sites for hydroxylation is 1. The van der Waals surface area contributed by atoms with Crippen LogP contribution in [0.25, 0.3) is 11.4 Å². The minimum atomic E-state index is -0.0108. The molecule has 0 fully saturated rings. The van der Waals surface area contributed by atoms with Crippen LogP contribution in [0, 0.1) is 6.92 Å². The van der Waals surface area contributed by atoms with E-state index in [9.17, 15) is 0 Å². The zero-order valence-electron chi connectivity index (χ0n) is 13.4. The van der Waals surface area contributed by atoms with Crippen molar-refractivity contribution in [3.05, 3.63) is 52.0 Å². The standard InChI is InChI=1S/C17H19N3O2S/c1-11-7-8-23-15(11)10-18-12(2)17-19-16(20-22-17)13-5-4-6-14(9-13)21-3/h4-9,12,18H,10H2,1-3H3. The maximum absolute atomic E-state index is 5.39. The van der Waals surface area contributed by atoms with E-state index in [0.717, 1.165) is 17.9 Å². The van der Waals surface area contributed by atoms with Crippen molar-refractivity contribution < 1.29 is 9.26 Å². The van der Waals surface area contributed by atoms with Crippen molar-refractivity contribution in [2.45, 2.75) is 26.4 Å². The summed E-state index contributed by atoms with van der Waals surface area (Å²) in [6, 6.07) is 9.73. The van der Waals surface area contributed by atoms with Crippen LogP contribution in [-0.2, 0) is 6.54 Å². The topological polar surface area (TPSA) is 60.2 Å². The predicted octanol–water partition coefficient (Wildman–Crippen LogP) is 3.97. The minimum Gasteiger partial charge on any atom is -0.497 e. The second-order valence-electron chi connectivity index (χ2n) is 5.32. The van der Waals surface area contributed by atoms with Gasteiger partial charge in [0, 0.05) is 17.0 Å². The number of aromatic nitrogens is 2. The molecule has 5 nitrogen and oxygen atoms in total. The molecule has 2 aromatic heterocycles. The van der Waals surface area contributed by atoms with Crippen LogP contribution in [0.5, 0.6) is 5.75 Å². The van der Waals surface area contributed by atoms with Gasteiger partial charge < -0.3 is 14.6 Å². The molecule has 0 bridgehead atoms. The lowest BCUT2D eigenvalue weighted by Gasteiger charge is -2.08. The number of methoxy groups -OCH3 is 1. The van der Waals surface area contributed by atoms with Crippen molar-refractivity contribution in [1.29, 1.82) is 0 Å². The molecule has 1 atom stereocenters. The quantitative estimate of drug-likeness (QED) is 0.741. The van der Waals surface area contributed by atoms with Gasteiger partial charge in [0.05, 0.1) is 13.2 Å². The molecule has 3 aromatic rings. The number of ether oxygens (including phenoxy) is 1. The molecule has 0 aliphatic rings. The average molecular weight is 329 g/mol. The maximum Gasteiger partial charge on any atom is 0.243 e. The van der Waals surface area contributed by atoms with Gasteiger partial charge in [-0.05, 0) is 43.0 Å². The molecule has 0 aliphatic heterocycles. The zero-order chi connectivity index (χ0) is 16.2. The summed E-state index contributed by atoms with van der Waals surface area (Å²) in [4.78, 5) is 5.81. The highest BCUT2D eigenvalue weighted by Crippen LogP contribution is 2.23. The summed E-state index contributed by atoms with van der Waals surface area (Å²) < 4.78 is 10.6. The molecule has 1 aromatic carbocycles. The fraction of sp³-hybridized carbons (Fsp3) is 0.294. The summed E-state index contributed by atoms with van der Waals surface area (Å²) in [6.45, 7) is 4.93. The number of nitrogens with zero attached hydrogens (tertiary/aromatic N) is 2. The van der Waals surface area contributed by atoms with Crippen LogP contribution < -0.4 is 10.1 Å². The second kappa shape index (κ2) is 6.93. The highest BCUT2D eigenvalue weighted by molar-refractivity contribution is 7.10. The minimum absolute atomic E-state index is 0.0108. The van der Waals surface area contributed by atoms with Crippen molar-refractivity contribution in [2.75, 3.05) is 7.11 Å². The highest BCUT2D eigenvalue weighted by Gasteiger charge is 2.15. The van der Waals surface area contributed by atoms with Gasteiger partial charge in [0.25, 0.3) is 0 Å². The molecule has 23 heavy (non-hydrogen) atoms. The molecule has 0 radical (unpaired) electrons. The molecular formula is C17H19N3O2S. The smallest absolute Gasteiger partial charge is 0.243 e. The molecular weight excluding hydrogens is 310 g/mol. The van der Waals surface area contributed by atoms with Crippen molar-refractivity contribution in [3.8, 4) is 17.1 Å². The van der Waals surface area contributed by atoms with Crippen LogP contribution in [0.4, 0.5) is 0 Å². The van der Waals surface area contributed by atoms with Gasteiger partial charge in [-0.25, -0.2) is 0 Å². The molecule has 0 spiro atoms. The summed E-state index contributed by atoms with van der Waals surface area (Å²) in [5, 5.41) is 9.59. The summed E-state index contributed by atoms with van der Waals surface area (Å²) in [6.07, 6.45) is 0. The van der Waals surface area contributed by atoms with Crippen molar-refractivity contribution in [3.63, 3.8) is 0 Å². The fourth-order valence-corrected chi connectivity index (χ4v) is 3.07. The predicted molar refractivity (Wildman–Crippen MR) is 90.6 cm³/mol. The van der Waals surface area contributed by atoms with E-state index < -0.39 is 0 Å².